The van der Waals surface area contributed by atoms with E-state index in [1.807, 2.05) is 19.1 Å². The van der Waals surface area contributed by atoms with E-state index in [2.05, 4.69) is 42.5 Å². The predicted molar refractivity (Wildman–Crippen MR) is 69.7 cm³/mol. The van der Waals surface area contributed by atoms with Gasteiger partial charge in [0.05, 0.1) is 5.60 Å². The molecule has 3 unspecified atom stereocenters. The van der Waals surface area contributed by atoms with Gasteiger partial charge in [0.1, 0.15) is 0 Å². The molecule has 1 rings (SSSR count). The van der Waals surface area contributed by atoms with Crippen molar-refractivity contribution in [2.24, 2.45) is 5.92 Å². The van der Waals surface area contributed by atoms with Crippen LogP contribution in [0, 0.1) is 5.92 Å². The Labute approximate surface area is 100 Å². The Kier molecular flexibility index (Phi) is 4.19. The van der Waals surface area contributed by atoms with Crippen molar-refractivity contribution in [3.8, 4) is 0 Å². The first-order valence-electron chi connectivity index (χ1n) is 5.16. The average molecular weight is 306 g/mol. The highest BCUT2D eigenvalue weighted by Gasteiger charge is 2.31. The number of aliphatic hydroxyl groups is 1. The van der Waals surface area contributed by atoms with Crippen molar-refractivity contribution in [1.82, 2.24) is 0 Å². The molecule has 0 aromatic rings. The van der Waals surface area contributed by atoms with Crippen LogP contribution >= 0.6 is 22.6 Å². The Morgan fingerprint density at radius 2 is 2.29 bits per heavy atom. The van der Waals surface area contributed by atoms with Crippen molar-refractivity contribution in [2.75, 3.05) is 0 Å². The molecule has 0 aromatic carbocycles. The lowest BCUT2D eigenvalue weighted by Gasteiger charge is -2.33. The van der Waals surface area contributed by atoms with Crippen LogP contribution in [0.2, 0.25) is 0 Å². The van der Waals surface area contributed by atoms with E-state index >= 15 is 0 Å². The number of hydrogen-bond acceptors (Lipinski definition) is 1. The minimum Gasteiger partial charge on any atom is -0.385 e. The van der Waals surface area contributed by atoms with Crippen LogP contribution in [0.25, 0.3) is 0 Å². The van der Waals surface area contributed by atoms with Crippen molar-refractivity contribution in [3.63, 3.8) is 0 Å². The van der Waals surface area contributed by atoms with Crippen LogP contribution in [-0.2, 0) is 0 Å². The summed E-state index contributed by atoms with van der Waals surface area (Å²) in [5.41, 5.74) is 0.652. The molecular weight excluding hydrogens is 287 g/mol. The van der Waals surface area contributed by atoms with E-state index in [1.165, 1.54) is 12.0 Å². The smallest absolute Gasteiger partial charge is 0.0867 e. The summed E-state index contributed by atoms with van der Waals surface area (Å²) in [6, 6.07) is 0. The molecule has 0 aliphatic heterocycles. The van der Waals surface area contributed by atoms with Gasteiger partial charge in [0.15, 0.2) is 0 Å². The number of halogens is 1. The van der Waals surface area contributed by atoms with E-state index in [4.69, 9.17) is 0 Å². The lowest BCUT2D eigenvalue weighted by atomic mass is 9.77. The van der Waals surface area contributed by atoms with E-state index < -0.39 is 5.60 Å². The SMILES string of the molecule is CC1=CC=CC(C)(O)C1CCC(C)I. The summed E-state index contributed by atoms with van der Waals surface area (Å²) >= 11 is 2.44. The molecule has 1 aliphatic rings. The normalized spacial score (nSPS) is 34.1. The monoisotopic (exact) mass is 306 g/mol. The van der Waals surface area contributed by atoms with Gasteiger partial charge in [-0.1, -0.05) is 53.3 Å². The Balaban J connectivity index is 2.65. The zero-order valence-electron chi connectivity index (χ0n) is 9.13. The summed E-state index contributed by atoms with van der Waals surface area (Å²) < 4.78 is 0.683. The fraction of sp³-hybridized carbons (Fsp3) is 0.667. The standard InChI is InChI=1S/C12H19IO/c1-9-5-4-8-12(3,14)11(9)7-6-10(2)13/h4-5,8,10-11,14H,6-7H2,1-3H3. The molecule has 2 heteroatoms. The van der Waals surface area contributed by atoms with Gasteiger partial charge in [-0.15, -0.1) is 0 Å². The quantitative estimate of drug-likeness (QED) is 0.625. The van der Waals surface area contributed by atoms with Gasteiger partial charge in [0, 0.05) is 9.84 Å². The van der Waals surface area contributed by atoms with Crippen molar-refractivity contribution >= 4 is 22.6 Å². The third-order valence-corrected chi connectivity index (χ3v) is 3.52. The molecule has 0 fully saturated rings. The Hall–Kier alpha value is 0.170. The van der Waals surface area contributed by atoms with Gasteiger partial charge in [0.2, 0.25) is 0 Å². The molecule has 1 nitrogen and oxygen atoms in total. The fourth-order valence-electron chi connectivity index (χ4n) is 2.00. The molecule has 0 radical (unpaired) electrons. The van der Waals surface area contributed by atoms with Crippen LogP contribution in [0.1, 0.15) is 33.6 Å². The molecule has 14 heavy (non-hydrogen) atoms. The maximum absolute atomic E-state index is 10.2. The van der Waals surface area contributed by atoms with E-state index in [0.29, 0.717) is 9.84 Å². The summed E-state index contributed by atoms with van der Waals surface area (Å²) in [7, 11) is 0. The van der Waals surface area contributed by atoms with Gasteiger partial charge in [-0.3, -0.25) is 0 Å². The van der Waals surface area contributed by atoms with Crippen molar-refractivity contribution < 1.29 is 5.11 Å². The maximum Gasteiger partial charge on any atom is 0.0867 e. The van der Waals surface area contributed by atoms with Crippen molar-refractivity contribution in [2.45, 2.75) is 43.1 Å². The summed E-state index contributed by atoms with van der Waals surface area (Å²) in [5.74, 6) is 0.296. The van der Waals surface area contributed by atoms with E-state index in [9.17, 15) is 5.11 Å². The van der Waals surface area contributed by atoms with E-state index in [1.54, 1.807) is 0 Å². The molecule has 0 saturated carbocycles. The second kappa shape index (κ2) is 4.79. The number of allylic oxidation sites excluding steroid dienone is 2. The number of hydrogen-bond donors (Lipinski definition) is 1. The predicted octanol–water partition coefficient (Wildman–Crippen LogP) is 3.47. The molecule has 0 amide bonds. The van der Waals surface area contributed by atoms with Gasteiger partial charge in [-0.25, -0.2) is 0 Å². The summed E-state index contributed by atoms with van der Waals surface area (Å²) in [4.78, 5) is 0. The zero-order valence-corrected chi connectivity index (χ0v) is 11.3. The first-order valence-corrected chi connectivity index (χ1v) is 6.40. The lowest BCUT2D eigenvalue weighted by Crippen LogP contribution is -2.34. The van der Waals surface area contributed by atoms with Gasteiger partial charge in [-0.05, 0) is 26.7 Å². The van der Waals surface area contributed by atoms with Crippen LogP contribution in [0.15, 0.2) is 23.8 Å². The molecular formula is C12H19IO. The Morgan fingerprint density at radius 3 is 2.79 bits per heavy atom. The minimum absolute atomic E-state index is 0.296. The molecule has 3 atom stereocenters. The topological polar surface area (TPSA) is 20.2 Å². The highest BCUT2D eigenvalue weighted by molar-refractivity contribution is 14.1. The number of alkyl halides is 1. The van der Waals surface area contributed by atoms with Gasteiger partial charge < -0.3 is 5.11 Å². The minimum atomic E-state index is -0.648. The van der Waals surface area contributed by atoms with Gasteiger partial charge in [0.25, 0.3) is 0 Å². The Morgan fingerprint density at radius 1 is 1.64 bits per heavy atom. The van der Waals surface area contributed by atoms with Crippen LogP contribution in [0.5, 0.6) is 0 Å². The fourth-order valence-corrected chi connectivity index (χ4v) is 2.36. The molecule has 0 spiro atoms. The van der Waals surface area contributed by atoms with Gasteiger partial charge >= 0.3 is 0 Å². The van der Waals surface area contributed by atoms with Crippen molar-refractivity contribution in [1.29, 1.82) is 0 Å². The Bertz CT molecular complexity index is 251. The summed E-state index contributed by atoms with van der Waals surface area (Å²) in [6.45, 7) is 6.23. The second-order valence-corrected chi connectivity index (χ2v) is 6.53. The van der Waals surface area contributed by atoms with E-state index in [-0.39, 0.29) is 0 Å². The average Bonchev–Trinajstić information content (AvgIpc) is 2.01. The molecule has 1 aliphatic carbocycles. The second-order valence-electron chi connectivity index (χ2n) is 4.41. The molecule has 0 aromatic heterocycles. The first-order chi connectivity index (χ1) is 6.43. The highest BCUT2D eigenvalue weighted by atomic mass is 127. The lowest BCUT2D eigenvalue weighted by molar-refractivity contribution is 0.0559. The third kappa shape index (κ3) is 3.09. The van der Waals surface area contributed by atoms with Crippen LogP contribution < -0.4 is 0 Å². The van der Waals surface area contributed by atoms with Crippen molar-refractivity contribution in [3.05, 3.63) is 23.8 Å². The van der Waals surface area contributed by atoms with Gasteiger partial charge in [-0.2, -0.15) is 0 Å². The number of rotatable bonds is 3. The summed E-state index contributed by atoms with van der Waals surface area (Å²) in [5, 5.41) is 10.2. The van der Waals surface area contributed by atoms with Crippen LogP contribution in [-0.4, -0.2) is 14.6 Å². The van der Waals surface area contributed by atoms with Crippen LogP contribution in [0.3, 0.4) is 0 Å². The zero-order chi connectivity index (χ0) is 10.8. The molecule has 0 heterocycles. The first kappa shape index (κ1) is 12.2. The summed E-state index contributed by atoms with van der Waals surface area (Å²) in [6.07, 6.45) is 8.21. The highest BCUT2D eigenvalue weighted by Crippen LogP contribution is 2.34. The van der Waals surface area contributed by atoms with Crippen LogP contribution in [0.4, 0.5) is 0 Å². The molecule has 1 N–H and O–H groups in total. The molecule has 0 bridgehead atoms. The molecule has 0 saturated heterocycles. The largest absolute Gasteiger partial charge is 0.385 e. The third-order valence-electron chi connectivity index (χ3n) is 2.90. The maximum atomic E-state index is 10.2. The van der Waals surface area contributed by atoms with E-state index in [0.717, 1.165) is 6.42 Å². The molecule has 80 valence electrons.